The number of carbonyl (C=O) groups excluding carboxylic acids is 1. The lowest BCUT2D eigenvalue weighted by atomic mass is 10.1. The van der Waals surface area contributed by atoms with E-state index in [9.17, 15) is 4.79 Å². The van der Waals surface area contributed by atoms with Gasteiger partial charge in [0.1, 0.15) is 10.8 Å². The van der Waals surface area contributed by atoms with E-state index in [2.05, 4.69) is 9.97 Å². The Kier molecular flexibility index (Phi) is 5.47. The van der Waals surface area contributed by atoms with Crippen LogP contribution < -0.4 is 0 Å². The lowest BCUT2D eigenvalue weighted by Gasteiger charge is -2.09. The standard InChI is InChI=1S/C24H14Cl3N3O2/c25-15-9-8-14(17(26)11-15)13-30-19-7-2-1-5-16(19)21(23(30)27)22(31)24-29-12-20(32-24)18-6-3-4-10-28-18/h1-12H,13H2. The Morgan fingerprint density at radius 1 is 0.969 bits per heavy atom. The van der Waals surface area contributed by atoms with E-state index in [-0.39, 0.29) is 11.0 Å². The van der Waals surface area contributed by atoms with Gasteiger partial charge in [-0.15, -0.1) is 0 Å². The van der Waals surface area contributed by atoms with Gasteiger partial charge in [-0.2, -0.15) is 0 Å². The third-order valence-corrected chi connectivity index (χ3v) is 6.08. The first-order valence-corrected chi connectivity index (χ1v) is 10.8. The third kappa shape index (κ3) is 3.69. The van der Waals surface area contributed by atoms with E-state index in [0.29, 0.717) is 39.0 Å². The monoisotopic (exact) mass is 481 g/mol. The summed E-state index contributed by atoms with van der Waals surface area (Å²) < 4.78 is 7.56. The number of hydrogen-bond donors (Lipinski definition) is 0. The summed E-state index contributed by atoms with van der Waals surface area (Å²) in [5.41, 5.74) is 2.53. The maximum Gasteiger partial charge on any atom is 0.269 e. The van der Waals surface area contributed by atoms with E-state index in [1.54, 1.807) is 30.5 Å². The maximum absolute atomic E-state index is 13.4. The van der Waals surface area contributed by atoms with Crippen LogP contribution in [-0.4, -0.2) is 20.3 Å². The van der Waals surface area contributed by atoms with Crippen molar-refractivity contribution in [2.45, 2.75) is 6.54 Å². The third-order valence-electron chi connectivity index (χ3n) is 5.10. The van der Waals surface area contributed by atoms with Crippen molar-refractivity contribution in [3.05, 3.63) is 105 Å². The summed E-state index contributed by atoms with van der Waals surface area (Å²) in [4.78, 5) is 21.8. The highest BCUT2D eigenvalue weighted by Crippen LogP contribution is 2.34. The van der Waals surface area contributed by atoms with E-state index in [1.807, 2.05) is 41.0 Å². The summed E-state index contributed by atoms with van der Waals surface area (Å²) in [6, 6.07) is 18.2. The van der Waals surface area contributed by atoms with E-state index in [0.717, 1.165) is 11.1 Å². The molecule has 32 heavy (non-hydrogen) atoms. The van der Waals surface area contributed by atoms with Gasteiger partial charge in [-0.1, -0.05) is 65.1 Å². The van der Waals surface area contributed by atoms with E-state index in [1.165, 1.54) is 6.20 Å². The molecule has 2 aromatic carbocycles. The van der Waals surface area contributed by atoms with Gasteiger partial charge in [0.15, 0.2) is 5.76 Å². The van der Waals surface area contributed by atoms with Crippen molar-refractivity contribution in [2.75, 3.05) is 0 Å². The average molecular weight is 483 g/mol. The SMILES string of the molecule is O=C(c1ncc(-c2ccccn2)o1)c1c(Cl)n(Cc2ccc(Cl)cc2Cl)c2ccccc12. The summed E-state index contributed by atoms with van der Waals surface area (Å²) in [6.45, 7) is 0.368. The van der Waals surface area contributed by atoms with Crippen molar-refractivity contribution in [1.82, 2.24) is 14.5 Å². The van der Waals surface area contributed by atoms with Crippen molar-refractivity contribution >= 4 is 51.5 Å². The molecule has 5 aromatic rings. The number of para-hydroxylation sites is 1. The van der Waals surface area contributed by atoms with Gasteiger partial charge >= 0.3 is 0 Å². The highest BCUT2D eigenvalue weighted by atomic mass is 35.5. The van der Waals surface area contributed by atoms with Gasteiger partial charge in [0.25, 0.3) is 11.7 Å². The molecule has 0 amide bonds. The number of rotatable bonds is 5. The van der Waals surface area contributed by atoms with Crippen LogP contribution in [0.25, 0.3) is 22.4 Å². The van der Waals surface area contributed by atoms with Crippen LogP contribution in [0.15, 0.2) is 77.5 Å². The molecular formula is C24H14Cl3N3O2. The average Bonchev–Trinajstić information content (AvgIpc) is 3.40. The number of aromatic nitrogens is 3. The van der Waals surface area contributed by atoms with Gasteiger partial charge in [0.05, 0.1) is 23.8 Å². The molecule has 0 saturated heterocycles. The molecule has 0 aliphatic heterocycles. The number of fused-ring (bicyclic) bond motifs is 1. The minimum atomic E-state index is -0.408. The molecule has 0 bridgehead atoms. The number of halogens is 3. The molecule has 0 aliphatic carbocycles. The van der Waals surface area contributed by atoms with Gasteiger partial charge < -0.3 is 8.98 Å². The molecule has 0 saturated carbocycles. The fraction of sp³-hybridized carbons (Fsp3) is 0.0417. The number of ketones is 1. The molecule has 0 aliphatic rings. The fourth-order valence-electron chi connectivity index (χ4n) is 3.58. The number of hydrogen-bond acceptors (Lipinski definition) is 4. The highest BCUT2D eigenvalue weighted by molar-refractivity contribution is 6.37. The quantitative estimate of drug-likeness (QED) is 0.255. The second kappa shape index (κ2) is 8.43. The van der Waals surface area contributed by atoms with Crippen molar-refractivity contribution in [3.8, 4) is 11.5 Å². The van der Waals surface area contributed by atoms with Crippen molar-refractivity contribution < 1.29 is 9.21 Å². The Labute approximate surface area is 198 Å². The van der Waals surface area contributed by atoms with Gasteiger partial charge in [-0.25, -0.2) is 4.98 Å². The predicted molar refractivity (Wildman–Crippen MR) is 126 cm³/mol. The van der Waals surface area contributed by atoms with Crippen LogP contribution in [0.4, 0.5) is 0 Å². The fourth-order valence-corrected chi connectivity index (χ4v) is 4.38. The van der Waals surface area contributed by atoms with Crippen molar-refractivity contribution in [2.24, 2.45) is 0 Å². The normalized spacial score (nSPS) is 11.2. The molecule has 5 nitrogen and oxygen atoms in total. The largest absolute Gasteiger partial charge is 0.432 e. The van der Waals surface area contributed by atoms with Crippen LogP contribution in [0.5, 0.6) is 0 Å². The molecule has 0 unspecified atom stereocenters. The number of benzene rings is 2. The Morgan fingerprint density at radius 2 is 1.78 bits per heavy atom. The number of oxazole rings is 1. The van der Waals surface area contributed by atoms with Crippen LogP contribution in [0.2, 0.25) is 15.2 Å². The molecule has 0 fully saturated rings. The minimum absolute atomic E-state index is 0.0556. The number of pyridine rings is 1. The van der Waals surface area contributed by atoms with Crippen LogP contribution >= 0.6 is 34.8 Å². The molecule has 0 spiro atoms. The smallest absolute Gasteiger partial charge is 0.269 e. The van der Waals surface area contributed by atoms with Gasteiger partial charge in [0, 0.05) is 21.6 Å². The molecule has 8 heteroatoms. The molecule has 3 heterocycles. The second-order valence-corrected chi connectivity index (χ2v) is 8.28. The van der Waals surface area contributed by atoms with E-state index < -0.39 is 5.78 Å². The topological polar surface area (TPSA) is 60.9 Å². The number of nitrogens with zero attached hydrogens (tertiary/aromatic N) is 3. The van der Waals surface area contributed by atoms with Gasteiger partial charge in [-0.3, -0.25) is 9.78 Å². The van der Waals surface area contributed by atoms with Crippen molar-refractivity contribution in [3.63, 3.8) is 0 Å². The van der Waals surface area contributed by atoms with Crippen LogP contribution in [0, 0.1) is 0 Å². The Morgan fingerprint density at radius 3 is 2.56 bits per heavy atom. The Hall–Kier alpha value is -3.12. The highest BCUT2D eigenvalue weighted by Gasteiger charge is 2.26. The summed E-state index contributed by atoms with van der Waals surface area (Å²) >= 11 is 19.1. The predicted octanol–water partition coefficient (Wildman–Crippen LogP) is 6.93. The van der Waals surface area contributed by atoms with Crippen LogP contribution in [0.3, 0.4) is 0 Å². The zero-order chi connectivity index (χ0) is 22.2. The van der Waals surface area contributed by atoms with Gasteiger partial charge in [-0.05, 0) is 35.9 Å². The van der Waals surface area contributed by atoms with Crippen LogP contribution in [0.1, 0.15) is 21.8 Å². The number of carbonyl (C=O) groups is 1. The molecule has 3 aromatic heterocycles. The first kappa shape index (κ1) is 20.8. The minimum Gasteiger partial charge on any atom is -0.432 e. The summed E-state index contributed by atoms with van der Waals surface area (Å²) in [5, 5.41) is 2.04. The van der Waals surface area contributed by atoms with E-state index in [4.69, 9.17) is 39.2 Å². The Balaban J connectivity index is 1.58. The van der Waals surface area contributed by atoms with Crippen LogP contribution in [-0.2, 0) is 6.54 Å². The van der Waals surface area contributed by atoms with Crippen molar-refractivity contribution in [1.29, 1.82) is 0 Å². The molecule has 0 radical (unpaired) electrons. The Bertz CT molecular complexity index is 1460. The molecule has 0 N–H and O–H groups in total. The lowest BCUT2D eigenvalue weighted by Crippen LogP contribution is -2.04. The first-order valence-electron chi connectivity index (χ1n) is 9.65. The molecule has 0 atom stereocenters. The molecule has 158 valence electrons. The van der Waals surface area contributed by atoms with E-state index >= 15 is 0 Å². The molecule has 5 rings (SSSR count). The molecular weight excluding hydrogens is 469 g/mol. The zero-order valence-corrected chi connectivity index (χ0v) is 18.7. The summed E-state index contributed by atoms with van der Waals surface area (Å²) in [7, 11) is 0. The maximum atomic E-state index is 13.4. The second-order valence-electron chi connectivity index (χ2n) is 7.08. The first-order chi connectivity index (χ1) is 15.5. The summed E-state index contributed by atoms with van der Waals surface area (Å²) in [5.74, 6) is -0.0592. The lowest BCUT2D eigenvalue weighted by molar-refractivity contribution is 0.100. The van der Waals surface area contributed by atoms with Gasteiger partial charge in [0.2, 0.25) is 0 Å². The zero-order valence-electron chi connectivity index (χ0n) is 16.4. The summed E-state index contributed by atoms with van der Waals surface area (Å²) in [6.07, 6.45) is 3.13.